The lowest BCUT2D eigenvalue weighted by Gasteiger charge is -2.37. The summed E-state index contributed by atoms with van der Waals surface area (Å²) < 4.78 is 2.11. The molecule has 2 aliphatic rings. The predicted molar refractivity (Wildman–Crippen MR) is 93.5 cm³/mol. The molecule has 4 nitrogen and oxygen atoms in total. The minimum atomic E-state index is 0.149. The third-order valence-corrected chi connectivity index (χ3v) is 5.59. The van der Waals surface area contributed by atoms with Crippen molar-refractivity contribution in [2.45, 2.75) is 51.1 Å². The third-order valence-electron chi connectivity index (χ3n) is 5.59. The van der Waals surface area contributed by atoms with Crippen molar-refractivity contribution >= 4 is 5.91 Å². The lowest BCUT2D eigenvalue weighted by molar-refractivity contribution is -0.139. The summed E-state index contributed by atoms with van der Waals surface area (Å²) in [6.45, 7) is 1.87. The molecule has 1 saturated heterocycles. The van der Waals surface area contributed by atoms with Crippen molar-refractivity contribution in [3.8, 4) is 0 Å². The number of nitrogens with zero attached hydrogens (tertiary/aromatic N) is 3. The number of hydrogen-bond acceptors (Lipinski definition) is 2. The molecule has 0 spiro atoms. The molecule has 1 amide bonds. The van der Waals surface area contributed by atoms with Gasteiger partial charge in [0.15, 0.2) is 0 Å². The topological polar surface area (TPSA) is 38.1 Å². The first-order valence-electron chi connectivity index (χ1n) is 9.14. The van der Waals surface area contributed by atoms with Crippen LogP contribution in [0.5, 0.6) is 0 Å². The van der Waals surface area contributed by atoms with E-state index in [2.05, 4.69) is 38.7 Å². The molecular formula is C20H25N3O. The standard InChI is InChI=1S/C20H25N3O/c24-20(18-13-16-5-1-2-6-17(16)14-18)23-10-4-3-7-19(23)8-11-22-12-9-21-15-22/h1-2,5-6,9,12,15,18-19H,3-4,7-8,10-11,13-14H2/t19-/m0/s1. The Hall–Kier alpha value is -2.10. The van der Waals surface area contributed by atoms with E-state index in [1.807, 2.05) is 18.7 Å². The van der Waals surface area contributed by atoms with Gasteiger partial charge in [-0.25, -0.2) is 4.98 Å². The van der Waals surface area contributed by atoms with Gasteiger partial charge in [-0.1, -0.05) is 24.3 Å². The van der Waals surface area contributed by atoms with Crippen molar-refractivity contribution in [2.75, 3.05) is 6.54 Å². The zero-order valence-corrected chi connectivity index (χ0v) is 14.1. The number of aryl methyl sites for hydroxylation is 1. The van der Waals surface area contributed by atoms with Crippen molar-refractivity contribution in [3.63, 3.8) is 0 Å². The van der Waals surface area contributed by atoms with Gasteiger partial charge < -0.3 is 9.47 Å². The highest BCUT2D eigenvalue weighted by atomic mass is 16.2. The van der Waals surface area contributed by atoms with E-state index >= 15 is 0 Å². The van der Waals surface area contributed by atoms with E-state index in [9.17, 15) is 4.79 Å². The minimum Gasteiger partial charge on any atom is -0.339 e. The molecule has 0 radical (unpaired) electrons. The van der Waals surface area contributed by atoms with E-state index in [1.165, 1.54) is 17.5 Å². The van der Waals surface area contributed by atoms with Crippen LogP contribution in [0.15, 0.2) is 43.0 Å². The molecule has 0 saturated carbocycles. The van der Waals surface area contributed by atoms with Crippen molar-refractivity contribution in [2.24, 2.45) is 5.92 Å². The van der Waals surface area contributed by atoms with Gasteiger partial charge in [-0.15, -0.1) is 0 Å². The Morgan fingerprint density at radius 3 is 2.67 bits per heavy atom. The van der Waals surface area contributed by atoms with Crippen LogP contribution in [-0.2, 0) is 24.2 Å². The number of piperidine rings is 1. The molecule has 1 fully saturated rings. The van der Waals surface area contributed by atoms with Gasteiger partial charge in [0.2, 0.25) is 5.91 Å². The molecule has 126 valence electrons. The summed E-state index contributed by atoms with van der Waals surface area (Å²) in [5, 5.41) is 0. The van der Waals surface area contributed by atoms with Gasteiger partial charge in [0.1, 0.15) is 0 Å². The smallest absolute Gasteiger partial charge is 0.226 e. The van der Waals surface area contributed by atoms with Crippen LogP contribution in [0.3, 0.4) is 0 Å². The molecule has 0 bridgehead atoms. The summed E-state index contributed by atoms with van der Waals surface area (Å²) in [7, 11) is 0. The SMILES string of the molecule is O=C(C1Cc2ccccc2C1)N1CCCC[C@H]1CCn1ccnc1. The van der Waals surface area contributed by atoms with Gasteiger partial charge in [0.25, 0.3) is 0 Å². The van der Waals surface area contributed by atoms with Gasteiger partial charge in [0.05, 0.1) is 6.33 Å². The number of benzene rings is 1. The maximum Gasteiger partial charge on any atom is 0.226 e. The van der Waals surface area contributed by atoms with E-state index < -0.39 is 0 Å². The van der Waals surface area contributed by atoms with Gasteiger partial charge in [0, 0.05) is 37.4 Å². The van der Waals surface area contributed by atoms with Crippen molar-refractivity contribution < 1.29 is 4.79 Å². The van der Waals surface area contributed by atoms with E-state index in [4.69, 9.17) is 0 Å². The average molecular weight is 323 g/mol. The number of imidazole rings is 1. The number of fused-ring (bicyclic) bond motifs is 1. The molecule has 4 rings (SSSR count). The van der Waals surface area contributed by atoms with Crippen LogP contribution in [0, 0.1) is 5.92 Å². The summed E-state index contributed by atoms with van der Waals surface area (Å²) in [6.07, 6.45) is 12.1. The van der Waals surface area contributed by atoms with Crippen LogP contribution in [0.2, 0.25) is 0 Å². The molecule has 24 heavy (non-hydrogen) atoms. The molecule has 1 aliphatic heterocycles. The summed E-state index contributed by atoms with van der Waals surface area (Å²) >= 11 is 0. The van der Waals surface area contributed by atoms with Gasteiger partial charge in [-0.3, -0.25) is 4.79 Å². The van der Waals surface area contributed by atoms with Crippen molar-refractivity contribution in [3.05, 3.63) is 54.1 Å². The molecule has 2 aromatic rings. The van der Waals surface area contributed by atoms with Crippen LogP contribution in [0.4, 0.5) is 0 Å². The highest BCUT2D eigenvalue weighted by Gasteiger charge is 2.34. The van der Waals surface area contributed by atoms with Crippen LogP contribution < -0.4 is 0 Å². The third kappa shape index (κ3) is 3.10. The normalized spacial score (nSPS) is 21.0. The van der Waals surface area contributed by atoms with Gasteiger partial charge in [-0.2, -0.15) is 0 Å². The number of hydrogen-bond donors (Lipinski definition) is 0. The molecule has 1 aromatic heterocycles. The molecule has 0 unspecified atom stereocenters. The Morgan fingerprint density at radius 2 is 1.96 bits per heavy atom. The Balaban J connectivity index is 1.42. The van der Waals surface area contributed by atoms with Gasteiger partial charge in [-0.05, 0) is 49.7 Å². The Bertz CT molecular complexity index is 670. The van der Waals surface area contributed by atoms with E-state index in [0.29, 0.717) is 11.9 Å². The summed E-state index contributed by atoms with van der Waals surface area (Å²) in [6, 6.07) is 8.91. The number of amides is 1. The van der Waals surface area contributed by atoms with Gasteiger partial charge >= 0.3 is 0 Å². The Labute approximate surface area is 143 Å². The Morgan fingerprint density at radius 1 is 1.17 bits per heavy atom. The zero-order chi connectivity index (χ0) is 16.4. The van der Waals surface area contributed by atoms with Crippen LogP contribution >= 0.6 is 0 Å². The number of carbonyl (C=O) groups excluding carboxylic acids is 1. The predicted octanol–water partition coefficient (Wildman–Crippen LogP) is 3.07. The fourth-order valence-corrected chi connectivity index (χ4v) is 4.28. The number of aromatic nitrogens is 2. The molecular weight excluding hydrogens is 298 g/mol. The largest absolute Gasteiger partial charge is 0.339 e. The first kappa shape index (κ1) is 15.4. The molecule has 4 heteroatoms. The van der Waals surface area contributed by atoms with Crippen molar-refractivity contribution in [1.82, 2.24) is 14.5 Å². The van der Waals surface area contributed by atoms with E-state index in [0.717, 1.165) is 45.2 Å². The molecule has 1 aromatic carbocycles. The van der Waals surface area contributed by atoms with E-state index in [-0.39, 0.29) is 5.92 Å². The maximum absolute atomic E-state index is 13.1. The second-order valence-electron chi connectivity index (χ2n) is 7.14. The average Bonchev–Trinajstić information content (AvgIpc) is 3.29. The zero-order valence-electron chi connectivity index (χ0n) is 14.1. The maximum atomic E-state index is 13.1. The Kier molecular flexibility index (Phi) is 4.37. The monoisotopic (exact) mass is 323 g/mol. The minimum absolute atomic E-state index is 0.149. The van der Waals surface area contributed by atoms with Crippen LogP contribution in [0.1, 0.15) is 36.8 Å². The summed E-state index contributed by atoms with van der Waals surface area (Å²) in [5.41, 5.74) is 2.73. The van der Waals surface area contributed by atoms with E-state index in [1.54, 1.807) is 0 Å². The highest BCUT2D eigenvalue weighted by Crippen LogP contribution is 2.30. The number of rotatable bonds is 4. The lowest BCUT2D eigenvalue weighted by Crippen LogP contribution is -2.47. The molecule has 0 N–H and O–H groups in total. The quantitative estimate of drug-likeness (QED) is 0.867. The molecule has 2 heterocycles. The molecule has 1 atom stereocenters. The fourth-order valence-electron chi connectivity index (χ4n) is 4.28. The first-order chi connectivity index (χ1) is 11.8. The highest BCUT2D eigenvalue weighted by molar-refractivity contribution is 5.81. The summed E-state index contributed by atoms with van der Waals surface area (Å²) in [4.78, 5) is 19.4. The van der Waals surface area contributed by atoms with Crippen molar-refractivity contribution in [1.29, 1.82) is 0 Å². The van der Waals surface area contributed by atoms with Crippen LogP contribution in [0.25, 0.3) is 0 Å². The number of carbonyl (C=O) groups is 1. The molecule has 1 aliphatic carbocycles. The number of likely N-dealkylation sites (tertiary alicyclic amines) is 1. The first-order valence-corrected chi connectivity index (χ1v) is 9.14. The van der Waals surface area contributed by atoms with Crippen LogP contribution in [-0.4, -0.2) is 32.9 Å². The lowest BCUT2D eigenvalue weighted by atomic mass is 9.95. The second kappa shape index (κ2) is 6.80. The summed E-state index contributed by atoms with van der Waals surface area (Å²) in [5.74, 6) is 0.526. The fraction of sp³-hybridized carbons (Fsp3) is 0.500. The second-order valence-corrected chi connectivity index (χ2v) is 7.14.